The number of nitrogens with one attached hydrogen (secondary N) is 1. The van der Waals surface area contributed by atoms with E-state index in [0.29, 0.717) is 25.9 Å². The fraction of sp³-hybridized carbons (Fsp3) is 0.529. The van der Waals surface area contributed by atoms with Crippen molar-refractivity contribution in [3.05, 3.63) is 28.5 Å². The van der Waals surface area contributed by atoms with Crippen molar-refractivity contribution >= 4 is 29.3 Å². The lowest BCUT2D eigenvalue weighted by Gasteiger charge is -2.34. The number of benzene rings is 1. The number of hydrogen-bond donors (Lipinski definition) is 2. The first-order valence-corrected chi connectivity index (χ1v) is 8.48. The predicted octanol–water partition coefficient (Wildman–Crippen LogP) is 3.39. The lowest BCUT2D eigenvalue weighted by Crippen LogP contribution is -2.44. The lowest BCUT2D eigenvalue weighted by atomic mass is 10.0. The van der Waals surface area contributed by atoms with Crippen molar-refractivity contribution in [1.82, 2.24) is 4.90 Å². The standard InChI is InChI=1S/C17H23ClFN3O3/c1-17(2,3)25-16(24)22-6-4-11(5-7-22)21-14-12(18)8-10(15(20)23)9-13(14)19/h8-9,11,21H,4-7H2,1-3H3,(H2,20,23). The summed E-state index contributed by atoms with van der Waals surface area (Å²) in [4.78, 5) is 24.8. The highest BCUT2D eigenvalue weighted by atomic mass is 35.5. The Bertz CT molecular complexity index is 645. The van der Waals surface area contributed by atoms with Crippen LogP contribution >= 0.6 is 11.6 Å². The van der Waals surface area contributed by atoms with Crippen molar-refractivity contribution in [1.29, 1.82) is 0 Å². The van der Waals surface area contributed by atoms with Crippen molar-refractivity contribution < 1.29 is 18.7 Å². The van der Waals surface area contributed by atoms with Gasteiger partial charge in [-0.3, -0.25) is 4.79 Å². The van der Waals surface area contributed by atoms with Crippen LogP contribution in [-0.4, -0.2) is 41.6 Å². The summed E-state index contributed by atoms with van der Waals surface area (Å²) in [6, 6.07) is 2.36. The van der Waals surface area contributed by atoms with Crippen LogP contribution in [-0.2, 0) is 4.74 Å². The molecule has 1 heterocycles. The van der Waals surface area contributed by atoms with Crippen molar-refractivity contribution in [3.8, 4) is 0 Å². The van der Waals surface area contributed by atoms with Gasteiger partial charge in [-0.05, 0) is 45.7 Å². The van der Waals surface area contributed by atoms with Crippen LogP contribution in [0.1, 0.15) is 44.0 Å². The van der Waals surface area contributed by atoms with Crippen molar-refractivity contribution in [3.63, 3.8) is 0 Å². The van der Waals surface area contributed by atoms with Gasteiger partial charge in [0, 0.05) is 24.7 Å². The summed E-state index contributed by atoms with van der Waals surface area (Å²) in [6.07, 6.45) is 0.917. The van der Waals surface area contributed by atoms with E-state index in [1.54, 1.807) is 4.90 Å². The van der Waals surface area contributed by atoms with E-state index in [9.17, 15) is 14.0 Å². The molecule has 0 aromatic heterocycles. The second-order valence-corrected chi connectivity index (χ2v) is 7.47. The SMILES string of the molecule is CC(C)(C)OC(=O)N1CCC(Nc2c(F)cc(C(N)=O)cc2Cl)CC1. The Balaban J connectivity index is 1.96. The minimum atomic E-state index is -0.738. The number of likely N-dealkylation sites (tertiary alicyclic amines) is 1. The molecule has 1 aromatic carbocycles. The molecule has 1 saturated heterocycles. The van der Waals surface area contributed by atoms with Gasteiger partial charge in [-0.1, -0.05) is 11.6 Å². The molecule has 1 fully saturated rings. The average molecular weight is 372 g/mol. The molecule has 0 atom stereocenters. The first-order valence-electron chi connectivity index (χ1n) is 8.10. The third-order valence-corrected chi connectivity index (χ3v) is 4.12. The van der Waals surface area contributed by atoms with E-state index in [0.717, 1.165) is 6.07 Å². The molecule has 0 spiro atoms. The van der Waals surface area contributed by atoms with Gasteiger partial charge >= 0.3 is 6.09 Å². The highest BCUT2D eigenvalue weighted by Crippen LogP contribution is 2.29. The Morgan fingerprint density at radius 2 is 1.92 bits per heavy atom. The summed E-state index contributed by atoms with van der Waals surface area (Å²) in [7, 11) is 0. The molecule has 138 valence electrons. The van der Waals surface area contributed by atoms with Crippen LogP contribution in [0, 0.1) is 5.82 Å². The van der Waals surface area contributed by atoms with E-state index in [2.05, 4.69) is 5.32 Å². The highest BCUT2D eigenvalue weighted by molar-refractivity contribution is 6.33. The average Bonchev–Trinajstić information content (AvgIpc) is 2.49. The smallest absolute Gasteiger partial charge is 0.410 e. The maximum Gasteiger partial charge on any atom is 0.410 e. The Morgan fingerprint density at radius 1 is 1.32 bits per heavy atom. The largest absolute Gasteiger partial charge is 0.444 e. The fourth-order valence-corrected chi connectivity index (χ4v) is 2.85. The van der Waals surface area contributed by atoms with E-state index in [1.165, 1.54) is 6.07 Å². The predicted molar refractivity (Wildman–Crippen MR) is 94.4 cm³/mol. The molecular weight excluding hydrogens is 349 g/mol. The minimum absolute atomic E-state index is 0.0211. The van der Waals surface area contributed by atoms with Gasteiger partial charge in [0.1, 0.15) is 11.4 Å². The van der Waals surface area contributed by atoms with Gasteiger partial charge in [-0.25, -0.2) is 9.18 Å². The van der Waals surface area contributed by atoms with Crippen LogP contribution in [0.3, 0.4) is 0 Å². The number of piperidine rings is 1. The topological polar surface area (TPSA) is 84.7 Å². The Morgan fingerprint density at radius 3 is 2.40 bits per heavy atom. The van der Waals surface area contributed by atoms with Gasteiger partial charge in [0.25, 0.3) is 0 Å². The number of nitrogens with zero attached hydrogens (tertiary/aromatic N) is 1. The normalized spacial score (nSPS) is 15.8. The number of rotatable bonds is 3. The molecule has 1 aliphatic heterocycles. The molecule has 1 aromatic rings. The number of hydrogen-bond acceptors (Lipinski definition) is 4. The summed E-state index contributed by atoms with van der Waals surface area (Å²) in [6.45, 7) is 6.47. The molecule has 1 aliphatic rings. The summed E-state index contributed by atoms with van der Waals surface area (Å²) >= 11 is 6.05. The van der Waals surface area contributed by atoms with E-state index < -0.39 is 17.3 Å². The monoisotopic (exact) mass is 371 g/mol. The minimum Gasteiger partial charge on any atom is -0.444 e. The van der Waals surface area contributed by atoms with Crippen molar-refractivity contribution in [2.75, 3.05) is 18.4 Å². The molecule has 0 aliphatic carbocycles. The maximum atomic E-state index is 14.2. The van der Waals surface area contributed by atoms with Gasteiger partial charge in [-0.15, -0.1) is 0 Å². The molecule has 0 unspecified atom stereocenters. The summed E-state index contributed by atoms with van der Waals surface area (Å²) < 4.78 is 19.5. The summed E-state index contributed by atoms with van der Waals surface area (Å²) in [5.74, 6) is -1.37. The van der Waals surface area contributed by atoms with E-state index in [4.69, 9.17) is 22.1 Å². The van der Waals surface area contributed by atoms with Crippen LogP contribution in [0.2, 0.25) is 5.02 Å². The van der Waals surface area contributed by atoms with E-state index >= 15 is 0 Å². The first-order chi connectivity index (χ1) is 11.6. The fourth-order valence-electron chi connectivity index (χ4n) is 2.59. The number of carbonyl (C=O) groups is 2. The zero-order valence-electron chi connectivity index (χ0n) is 14.6. The number of anilines is 1. The molecule has 0 bridgehead atoms. The number of amides is 2. The molecular formula is C17H23ClFN3O3. The third kappa shape index (κ3) is 5.22. The number of ether oxygens (including phenoxy) is 1. The maximum absolute atomic E-state index is 14.2. The van der Waals surface area contributed by atoms with Gasteiger partial charge in [0.15, 0.2) is 0 Å². The van der Waals surface area contributed by atoms with Crippen molar-refractivity contribution in [2.45, 2.75) is 45.3 Å². The molecule has 3 N–H and O–H groups in total. The van der Waals surface area contributed by atoms with Crippen LogP contribution in [0.4, 0.5) is 14.9 Å². The van der Waals surface area contributed by atoms with E-state index in [1.807, 2.05) is 20.8 Å². The number of nitrogens with two attached hydrogens (primary N) is 1. The molecule has 2 rings (SSSR count). The summed E-state index contributed by atoms with van der Waals surface area (Å²) in [5.41, 5.74) is 4.76. The van der Waals surface area contributed by atoms with Gasteiger partial charge in [0.2, 0.25) is 5.91 Å². The molecule has 0 saturated carbocycles. The van der Waals surface area contributed by atoms with Gasteiger partial charge in [0.05, 0.1) is 10.7 Å². The van der Waals surface area contributed by atoms with Gasteiger partial charge < -0.3 is 20.7 Å². The number of carbonyl (C=O) groups excluding carboxylic acids is 2. The lowest BCUT2D eigenvalue weighted by molar-refractivity contribution is 0.0210. The second kappa shape index (κ2) is 7.47. The highest BCUT2D eigenvalue weighted by Gasteiger charge is 2.27. The molecule has 6 nitrogen and oxygen atoms in total. The number of halogens is 2. The zero-order valence-corrected chi connectivity index (χ0v) is 15.3. The zero-order chi connectivity index (χ0) is 18.8. The van der Waals surface area contributed by atoms with Crippen LogP contribution in [0.25, 0.3) is 0 Å². The molecule has 0 radical (unpaired) electrons. The second-order valence-electron chi connectivity index (χ2n) is 7.07. The van der Waals surface area contributed by atoms with E-state index in [-0.39, 0.29) is 28.4 Å². The van der Waals surface area contributed by atoms with Crippen LogP contribution < -0.4 is 11.1 Å². The Kier molecular flexibility index (Phi) is 5.77. The first kappa shape index (κ1) is 19.3. The van der Waals surface area contributed by atoms with Crippen molar-refractivity contribution in [2.24, 2.45) is 5.73 Å². The molecule has 25 heavy (non-hydrogen) atoms. The summed E-state index contributed by atoms with van der Waals surface area (Å²) in [5, 5.41) is 3.15. The third-order valence-electron chi connectivity index (χ3n) is 3.82. The molecule has 8 heteroatoms. The Hall–Kier alpha value is -2.02. The van der Waals surface area contributed by atoms with Crippen LogP contribution in [0.5, 0.6) is 0 Å². The quantitative estimate of drug-likeness (QED) is 0.852. The van der Waals surface area contributed by atoms with Gasteiger partial charge in [-0.2, -0.15) is 0 Å². The van der Waals surface area contributed by atoms with Crippen LogP contribution in [0.15, 0.2) is 12.1 Å². The Labute approximate surface area is 151 Å². The number of primary amides is 1. The molecule has 2 amide bonds.